The Morgan fingerprint density at radius 2 is 2.08 bits per heavy atom. The number of aliphatic hydroxyl groups is 1. The van der Waals surface area contributed by atoms with Gasteiger partial charge in [-0.25, -0.2) is 5.43 Å². The highest BCUT2D eigenvalue weighted by Crippen LogP contribution is 2.38. The van der Waals surface area contributed by atoms with Gasteiger partial charge in [0, 0.05) is 24.4 Å². The molecule has 2 amide bonds. The lowest BCUT2D eigenvalue weighted by Crippen LogP contribution is -2.44. The number of nitrogens with one attached hydrogen (secondary N) is 2. The lowest BCUT2D eigenvalue weighted by Gasteiger charge is -2.38. The zero-order chi connectivity index (χ0) is 18.1. The molecule has 1 saturated carbocycles. The van der Waals surface area contributed by atoms with Crippen LogP contribution in [-0.4, -0.2) is 33.7 Å². The summed E-state index contributed by atoms with van der Waals surface area (Å²) in [6.07, 6.45) is 3.33. The van der Waals surface area contributed by atoms with Gasteiger partial charge in [-0.2, -0.15) is 5.10 Å². The van der Waals surface area contributed by atoms with Gasteiger partial charge in [0.1, 0.15) is 5.71 Å². The van der Waals surface area contributed by atoms with E-state index in [1.165, 1.54) is 0 Å². The fourth-order valence-corrected chi connectivity index (χ4v) is 3.50. The molecular formula is C19H20N4O3. The van der Waals surface area contributed by atoms with Crippen LogP contribution < -0.4 is 10.7 Å². The quantitative estimate of drug-likeness (QED) is 0.774. The summed E-state index contributed by atoms with van der Waals surface area (Å²) in [6, 6.07) is 9.60. The fraction of sp³-hybridized carbons (Fsp3) is 0.368. The molecule has 1 aliphatic heterocycles. The fourth-order valence-electron chi connectivity index (χ4n) is 3.50. The largest absolute Gasteiger partial charge is 0.393 e. The second-order valence-corrected chi connectivity index (χ2v) is 6.89. The van der Waals surface area contributed by atoms with Crippen molar-refractivity contribution in [3.8, 4) is 0 Å². The van der Waals surface area contributed by atoms with E-state index in [1.807, 2.05) is 30.3 Å². The molecule has 2 aromatic rings. The minimum absolute atomic E-state index is 0.149. The summed E-state index contributed by atoms with van der Waals surface area (Å²) in [6.45, 7) is 0. The first-order chi connectivity index (χ1) is 12.6. The van der Waals surface area contributed by atoms with E-state index in [9.17, 15) is 14.7 Å². The molecule has 2 heterocycles. The molecule has 4 rings (SSSR count). The summed E-state index contributed by atoms with van der Waals surface area (Å²) in [5.41, 5.74) is 4.48. The van der Waals surface area contributed by atoms with E-state index in [-0.39, 0.29) is 36.3 Å². The van der Waals surface area contributed by atoms with Crippen molar-refractivity contribution in [2.24, 2.45) is 11.0 Å². The molecule has 1 aromatic carbocycles. The van der Waals surface area contributed by atoms with Crippen LogP contribution in [0.5, 0.6) is 0 Å². The third kappa shape index (κ3) is 3.30. The maximum atomic E-state index is 12.6. The molecule has 0 radical (unpaired) electrons. The van der Waals surface area contributed by atoms with Gasteiger partial charge in [-0.1, -0.05) is 18.2 Å². The Labute approximate surface area is 150 Å². The van der Waals surface area contributed by atoms with Crippen LogP contribution in [0, 0.1) is 5.92 Å². The Morgan fingerprint density at radius 1 is 1.27 bits per heavy atom. The van der Waals surface area contributed by atoms with Gasteiger partial charge in [0.2, 0.25) is 5.91 Å². The molecule has 134 valence electrons. The summed E-state index contributed by atoms with van der Waals surface area (Å²) in [5.74, 6) is -0.320. The Morgan fingerprint density at radius 3 is 2.81 bits per heavy atom. The predicted octanol–water partition coefficient (Wildman–Crippen LogP) is 1.43. The van der Waals surface area contributed by atoms with Gasteiger partial charge in [-0.15, -0.1) is 0 Å². The van der Waals surface area contributed by atoms with E-state index in [0.29, 0.717) is 25.0 Å². The number of hydrogen-bond donors (Lipinski definition) is 3. The number of benzene rings is 1. The number of hydrazone groups is 1. The molecule has 3 N–H and O–H groups in total. The Hall–Kier alpha value is -2.80. The SMILES string of the molecule is O=C1CCC(C(=O)NC(c2cnc3ccccc3c2)C2CC(O)C2)=NN1. The standard InChI is InChI=1S/C19H20N4O3/c24-14-8-12(9-14)18(21-19(26)16-5-6-17(25)23-22-16)13-7-11-3-1-2-4-15(11)20-10-13/h1-4,7,10,12,14,18,24H,5-6,8-9H2,(H,21,26)(H,23,25). The van der Waals surface area contributed by atoms with E-state index in [1.54, 1.807) is 6.20 Å². The number of para-hydroxylation sites is 1. The van der Waals surface area contributed by atoms with Crippen LogP contribution in [-0.2, 0) is 9.59 Å². The van der Waals surface area contributed by atoms with Crippen LogP contribution >= 0.6 is 0 Å². The minimum atomic E-state index is -0.320. The molecule has 1 aromatic heterocycles. The summed E-state index contributed by atoms with van der Waals surface area (Å²) in [5, 5.41) is 17.6. The lowest BCUT2D eigenvalue weighted by molar-refractivity contribution is -0.121. The Kier molecular flexibility index (Phi) is 4.38. The predicted molar refractivity (Wildman–Crippen MR) is 96.2 cm³/mol. The molecule has 1 unspecified atom stereocenters. The van der Waals surface area contributed by atoms with Crippen LogP contribution in [0.1, 0.15) is 37.3 Å². The van der Waals surface area contributed by atoms with Crippen LogP contribution in [0.4, 0.5) is 0 Å². The van der Waals surface area contributed by atoms with Crippen molar-refractivity contribution in [2.75, 3.05) is 0 Å². The van der Waals surface area contributed by atoms with Crippen molar-refractivity contribution in [1.29, 1.82) is 0 Å². The summed E-state index contributed by atoms with van der Waals surface area (Å²) in [7, 11) is 0. The number of pyridine rings is 1. The van der Waals surface area contributed by atoms with Crippen molar-refractivity contribution >= 4 is 28.4 Å². The number of amides is 2. The number of carbonyl (C=O) groups excluding carboxylic acids is 2. The first kappa shape index (κ1) is 16.7. The molecule has 1 aliphatic carbocycles. The maximum Gasteiger partial charge on any atom is 0.267 e. The van der Waals surface area contributed by atoms with Gasteiger partial charge in [0.25, 0.3) is 5.91 Å². The van der Waals surface area contributed by atoms with Crippen LogP contribution in [0.25, 0.3) is 10.9 Å². The third-order valence-electron chi connectivity index (χ3n) is 5.04. The normalized spacial score (nSPS) is 23.6. The van der Waals surface area contributed by atoms with E-state index in [2.05, 4.69) is 20.8 Å². The summed E-state index contributed by atoms with van der Waals surface area (Å²) in [4.78, 5) is 28.3. The van der Waals surface area contributed by atoms with E-state index in [0.717, 1.165) is 16.5 Å². The number of aliphatic hydroxyl groups excluding tert-OH is 1. The molecule has 0 bridgehead atoms. The molecule has 7 nitrogen and oxygen atoms in total. The van der Waals surface area contributed by atoms with Gasteiger partial charge < -0.3 is 10.4 Å². The average Bonchev–Trinajstić information content (AvgIpc) is 2.64. The molecule has 0 spiro atoms. The van der Waals surface area contributed by atoms with Crippen molar-refractivity contribution in [2.45, 2.75) is 37.8 Å². The number of fused-ring (bicyclic) bond motifs is 1. The summed E-state index contributed by atoms with van der Waals surface area (Å²) >= 11 is 0. The second-order valence-electron chi connectivity index (χ2n) is 6.89. The number of hydrogen-bond acceptors (Lipinski definition) is 5. The number of nitrogens with zero attached hydrogens (tertiary/aromatic N) is 2. The highest BCUT2D eigenvalue weighted by atomic mass is 16.3. The van der Waals surface area contributed by atoms with Crippen molar-refractivity contribution in [3.63, 3.8) is 0 Å². The van der Waals surface area contributed by atoms with Crippen LogP contribution in [0.2, 0.25) is 0 Å². The maximum absolute atomic E-state index is 12.6. The highest BCUT2D eigenvalue weighted by molar-refractivity contribution is 6.39. The van der Waals surface area contributed by atoms with Crippen molar-refractivity contribution in [1.82, 2.24) is 15.7 Å². The molecule has 0 saturated heterocycles. The Balaban J connectivity index is 1.59. The summed E-state index contributed by atoms with van der Waals surface area (Å²) < 4.78 is 0. The van der Waals surface area contributed by atoms with Crippen molar-refractivity contribution in [3.05, 3.63) is 42.1 Å². The van der Waals surface area contributed by atoms with Crippen LogP contribution in [0.3, 0.4) is 0 Å². The number of aromatic nitrogens is 1. The highest BCUT2D eigenvalue weighted by Gasteiger charge is 2.36. The van der Waals surface area contributed by atoms with Gasteiger partial charge in [0.05, 0.1) is 17.7 Å². The molecule has 1 fully saturated rings. The van der Waals surface area contributed by atoms with Gasteiger partial charge in [0.15, 0.2) is 0 Å². The van der Waals surface area contributed by atoms with E-state index in [4.69, 9.17) is 0 Å². The molecule has 7 heteroatoms. The first-order valence-electron chi connectivity index (χ1n) is 8.79. The molecule has 1 atom stereocenters. The lowest BCUT2D eigenvalue weighted by atomic mass is 9.75. The first-order valence-corrected chi connectivity index (χ1v) is 8.79. The smallest absolute Gasteiger partial charge is 0.267 e. The number of rotatable bonds is 4. The molecule has 26 heavy (non-hydrogen) atoms. The zero-order valence-corrected chi connectivity index (χ0v) is 14.2. The topological polar surface area (TPSA) is 104 Å². The van der Waals surface area contributed by atoms with E-state index < -0.39 is 0 Å². The molecular weight excluding hydrogens is 332 g/mol. The van der Waals surface area contributed by atoms with Gasteiger partial charge >= 0.3 is 0 Å². The second kappa shape index (κ2) is 6.84. The minimum Gasteiger partial charge on any atom is -0.393 e. The van der Waals surface area contributed by atoms with E-state index >= 15 is 0 Å². The van der Waals surface area contributed by atoms with Gasteiger partial charge in [-0.05, 0) is 36.5 Å². The van der Waals surface area contributed by atoms with Crippen LogP contribution in [0.15, 0.2) is 41.6 Å². The van der Waals surface area contributed by atoms with Gasteiger partial charge in [-0.3, -0.25) is 14.6 Å². The third-order valence-corrected chi connectivity index (χ3v) is 5.04. The average molecular weight is 352 g/mol. The Bertz CT molecular complexity index is 889. The molecule has 2 aliphatic rings. The zero-order valence-electron chi connectivity index (χ0n) is 14.2. The monoisotopic (exact) mass is 352 g/mol. The number of carbonyl (C=O) groups is 2. The van der Waals surface area contributed by atoms with Crippen molar-refractivity contribution < 1.29 is 14.7 Å².